The molecule has 1 unspecified atom stereocenters. The molecule has 1 aliphatic carbocycles. The zero-order chi connectivity index (χ0) is 16.8. The number of benzene rings is 1. The monoisotopic (exact) mass is 347 g/mol. The van der Waals surface area contributed by atoms with E-state index in [1.165, 1.54) is 22.9 Å². The van der Waals surface area contributed by atoms with E-state index in [4.69, 9.17) is 17.3 Å². The molecule has 0 saturated heterocycles. The van der Waals surface area contributed by atoms with Gasteiger partial charge in [0, 0.05) is 27.9 Å². The zero-order valence-electron chi connectivity index (χ0n) is 12.0. The molecule has 124 valence electrons. The molecule has 0 aliphatic heterocycles. The summed E-state index contributed by atoms with van der Waals surface area (Å²) in [6.07, 6.45) is -3.02. The lowest BCUT2D eigenvalue weighted by Crippen LogP contribution is -2.21. The van der Waals surface area contributed by atoms with Gasteiger partial charge in [0.2, 0.25) is 0 Å². The fourth-order valence-corrected chi connectivity index (χ4v) is 3.19. The fraction of sp³-hybridized carbons (Fsp3) is 0.400. The zero-order valence-corrected chi connectivity index (χ0v) is 12.8. The van der Waals surface area contributed by atoms with Gasteiger partial charge in [-0.25, -0.2) is 4.39 Å². The van der Waals surface area contributed by atoms with Crippen molar-refractivity contribution in [2.75, 3.05) is 0 Å². The molecule has 3 nitrogen and oxygen atoms in total. The first kappa shape index (κ1) is 16.3. The van der Waals surface area contributed by atoms with Crippen LogP contribution in [0.15, 0.2) is 18.2 Å². The molecule has 1 aromatic carbocycles. The molecule has 0 amide bonds. The summed E-state index contributed by atoms with van der Waals surface area (Å²) in [5.41, 5.74) is 5.43. The first-order chi connectivity index (χ1) is 10.8. The van der Waals surface area contributed by atoms with Crippen LogP contribution in [0.2, 0.25) is 5.02 Å². The van der Waals surface area contributed by atoms with E-state index in [0.29, 0.717) is 25.0 Å². The molecule has 3 rings (SSSR count). The topological polar surface area (TPSA) is 43.8 Å². The molecule has 0 radical (unpaired) electrons. The molecule has 2 N–H and O–H groups in total. The summed E-state index contributed by atoms with van der Waals surface area (Å²) in [6.45, 7) is -0.156. The van der Waals surface area contributed by atoms with Crippen LogP contribution < -0.4 is 5.73 Å². The number of nitrogens with two attached hydrogens (primary N) is 1. The summed E-state index contributed by atoms with van der Waals surface area (Å²) in [6, 6.07) is 3.44. The Hall–Kier alpha value is -1.60. The van der Waals surface area contributed by atoms with Crippen LogP contribution >= 0.6 is 11.6 Å². The number of halogens is 5. The highest BCUT2D eigenvalue weighted by Gasteiger charge is 2.41. The van der Waals surface area contributed by atoms with Gasteiger partial charge in [-0.3, -0.25) is 4.68 Å². The lowest BCUT2D eigenvalue weighted by Gasteiger charge is -2.21. The van der Waals surface area contributed by atoms with Gasteiger partial charge in [-0.1, -0.05) is 17.7 Å². The lowest BCUT2D eigenvalue weighted by molar-refractivity contribution is -0.142. The van der Waals surface area contributed by atoms with Crippen molar-refractivity contribution in [1.29, 1.82) is 0 Å². The molecular weight excluding hydrogens is 334 g/mol. The van der Waals surface area contributed by atoms with Crippen LogP contribution in [-0.2, 0) is 19.1 Å². The minimum atomic E-state index is -4.59. The van der Waals surface area contributed by atoms with Gasteiger partial charge in [0.15, 0.2) is 5.69 Å². The highest BCUT2D eigenvalue weighted by Crippen LogP contribution is 2.39. The molecule has 0 fully saturated rings. The van der Waals surface area contributed by atoms with Gasteiger partial charge in [0.25, 0.3) is 0 Å². The number of rotatable bonds is 2. The quantitative estimate of drug-likeness (QED) is 0.832. The molecule has 1 aliphatic rings. The molecule has 0 saturated carbocycles. The van der Waals surface area contributed by atoms with Gasteiger partial charge in [0.1, 0.15) is 5.82 Å². The Bertz CT molecular complexity index is 719. The minimum absolute atomic E-state index is 0.0243. The number of fused-ring (bicyclic) bond motifs is 1. The molecule has 1 atom stereocenters. The van der Waals surface area contributed by atoms with E-state index in [1.807, 2.05) is 0 Å². The normalized spacial score (nSPS) is 18.1. The predicted molar refractivity (Wildman–Crippen MR) is 77.6 cm³/mol. The van der Waals surface area contributed by atoms with Crippen LogP contribution in [0.5, 0.6) is 0 Å². The third-order valence-electron chi connectivity index (χ3n) is 4.04. The highest BCUT2D eigenvalue weighted by molar-refractivity contribution is 6.31. The first-order valence-electron chi connectivity index (χ1n) is 7.14. The average molecular weight is 348 g/mol. The predicted octanol–water partition coefficient (Wildman–Crippen LogP) is 4.08. The molecule has 2 aromatic rings. The second-order valence-corrected chi connectivity index (χ2v) is 5.97. The van der Waals surface area contributed by atoms with Crippen LogP contribution in [0.3, 0.4) is 0 Å². The minimum Gasteiger partial charge on any atom is -0.324 e. The molecule has 0 spiro atoms. The second-order valence-electron chi connectivity index (χ2n) is 5.56. The highest BCUT2D eigenvalue weighted by atomic mass is 35.5. The van der Waals surface area contributed by atoms with Crippen LogP contribution in [0, 0.1) is 5.82 Å². The first-order valence-corrected chi connectivity index (χ1v) is 7.52. The van der Waals surface area contributed by atoms with Crippen molar-refractivity contribution in [3.63, 3.8) is 0 Å². The van der Waals surface area contributed by atoms with Gasteiger partial charge < -0.3 is 5.73 Å². The van der Waals surface area contributed by atoms with Gasteiger partial charge in [-0.2, -0.15) is 18.3 Å². The maximum atomic E-state index is 13.9. The fourth-order valence-electron chi connectivity index (χ4n) is 2.97. The van der Waals surface area contributed by atoms with E-state index in [2.05, 4.69) is 5.10 Å². The summed E-state index contributed by atoms with van der Waals surface area (Å²) in [4.78, 5) is 0. The molecule has 8 heteroatoms. The summed E-state index contributed by atoms with van der Waals surface area (Å²) in [7, 11) is 0. The lowest BCUT2D eigenvalue weighted by atomic mass is 9.91. The SMILES string of the molecule is NC1CCCc2c1c(C(F)(F)F)nn2Cc1c(F)cccc1Cl. The van der Waals surface area contributed by atoms with Gasteiger partial charge in [0.05, 0.1) is 6.54 Å². The Labute approximate surface area is 135 Å². The second kappa shape index (κ2) is 5.79. The Morgan fingerprint density at radius 1 is 1.35 bits per heavy atom. The number of nitrogens with zero attached hydrogens (tertiary/aromatic N) is 2. The van der Waals surface area contributed by atoms with Crippen molar-refractivity contribution in [2.45, 2.75) is 38.0 Å². The van der Waals surface area contributed by atoms with Crippen molar-refractivity contribution >= 4 is 11.6 Å². The van der Waals surface area contributed by atoms with Crippen LogP contribution in [0.4, 0.5) is 17.6 Å². The number of aromatic nitrogens is 2. The molecular formula is C15H14ClF4N3. The van der Waals surface area contributed by atoms with Crippen LogP contribution in [-0.4, -0.2) is 9.78 Å². The maximum Gasteiger partial charge on any atom is 0.435 e. The third-order valence-corrected chi connectivity index (χ3v) is 4.39. The van der Waals surface area contributed by atoms with Crippen molar-refractivity contribution in [2.24, 2.45) is 5.73 Å². The van der Waals surface area contributed by atoms with E-state index in [9.17, 15) is 17.6 Å². The van der Waals surface area contributed by atoms with Crippen molar-refractivity contribution in [1.82, 2.24) is 9.78 Å². The van der Waals surface area contributed by atoms with E-state index in [0.717, 1.165) is 0 Å². The van der Waals surface area contributed by atoms with Crippen LogP contribution in [0.25, 0.3) is 0 Å². The number of alkyl halides is 3. The summed E-state index contributed by atoms with van der Waals surface area (Å²) < 4.78 is 54.8. The standard InChI is InChI=1S/C15H14ClF4N3/c16-9-3-1-4-10(17)8(9)7-23-12-6-2-5-11(21)13(12)14(22-23)15(18,19)20/h1,3-4,11H,2,5-7,21H2. The summed E-state index contributed by atoms with van der Waals surface area (Å²) in [5.74, 6) is -0.574. The van der Waals surface area contributed by atoms with E-state index in [1.54, 1.807) is 0 Å². The van der Waals surface area contributed by atoms with Gasteiger partial charge in [-0.05, 0) is 31.4 Å². The molecule has 0 bridgehead atoms. The van der Waals surface area contributed by atoms with E-state index >= 15 is 0 Å². The summed E-state index contributed by atoms with van der Waals surface area (Å²) in [5, 5.41) is 3.83. The Kier molecular flexibility index (Phi) is 4.10. The molecule has 1 heterocycles. The van der Waals surface area contributed by atoms with Crippen LogP contribution in [0.1, 0.15) is 41.4 Å². The Morgan fingerprint density at radius 2 is 2.09 bits per heavy atom. The maximum absolute atomic E-state index is 13.9. The molecule has 1 aromatic heterocycles. The number of hydrogen-bond donors (Lipinski definition) is 1. The van der Waals surface area contributed by atoms with Crippen molar-refractivity contribution < 1.29 is 17.6 Å². The largest absolute Gasteiger partial charge is 0.435 e. The van der Waals surface area contributed by atoms with Crippen molar-refractivity contribution in [3.05, 3.63) is 51.6 Å². The Balaban J connectivity index is 2.10. The summed E-state index contributed by atoms with van der Waals surface area (Å²) >= 11 is 5.96. The van der Waals surface area contributed by atoms with E-state index in [-0.39, 0.29) is 22.7 Å². The van der Waals surface area contributed by atoms with Gasteiger partial charge >= 0.3 is 6.18 Å². The smallest absolute Gasteiger partial charge is 0.324 e. The third kappa shape index (κ3) is 2.95. The van der Waals surface area contributed by atoms with Gasteiger partial charge in [-0.15, -0.1) is 0 Å². The van der Waals surface area contributed by atoms with Crippen molar-refractivity contribution in [3.8, 4) is 0 Å². The number of hydrogen-bond acceptors (Lipinski definition) is 2. The van der Waals surface area contributed by atoms with E-state index < -0.39 is 23.7 Å². The molecule has 23 heavy (non-hydrogen) atoms. The Morgan fingerprint density at radius 3 is 2.74 bits per heavy atom. The average Bonchev–Trinajstić information content (AvgIpc) is 2.83.